The van der Waals surface area contributed by atoms with Crippen LogP contribution in [0.2, 0.25) is 0 Å². The molecule has 3 aromatic rings. The predicted octanol–water partition coefficient (Wildman–Crippen LogP) is 3.24. The molecule has 0 amide bonds. The number of nitrogens with two attached hydrogens (primary N) is 1. The van der Waals surface area contributed by atoms with Gasteiger partial charge in [-0.3, -0.25) is 10.8 Å². The SMILES string of the molecule is Cc1ccc(C(NN)c2ccc3ncccc3c2)cc1F. The number of fused-ring (bicyclic) bond motifs is 1. The molecule has 0 aliphatic rings. The van der Waals surface area contributed by atoms with Gasteiger partial charge in [-0.05, 0) is 47.9 Å². The van der Waals surface area contributed by atoms with E-state index in [0.717, 1.165) is 22.0 Å². The topological polar surface area (TPSA) is 50.9 Å². The second-order valence-corrected chi connectivity index (χ2v) is 5.06. The van der Waals surface area contributed by atoms with E-state index in [4.69, 9.17) is 5.84 Å². The van der Waals surface area contributed by atoms with E-state index in [1.54, 1.807) is 19.2 Å². The number of hydrogen-bond acceptors (Lipinski definition) is 3. The highest BCUT2D eigenvalue weighted by atomic mass is 19.1. The van der Waals surface area contributed by atoms with Crippen LogP contribution in [0.4, 0.5) is 4.39 Å². The highest BCUT2D eigenvalue weighted by Gasteiger charge is 2.14. The minimum absolute atomic E-state index is 0.227. The molecule has 1 unspecified atom stereocenters. The van der Waals surface area contributed by atoms with Gasteiger partial charge in [0.25, 0.3) is 0 Å². The van der Waals surface area contributed by atoms with Crippen LogP contribution in [0.15, 0.2) is 54.7 Å². The first-order valence-electron chi connectivity index (χ1n) is 6.76. The largest absolute Gasteiger partial charge is 0.271 e. The van der Waals surface area contributed by atoms with E-state index in [0.29, 0.717) is 5.56 Å². The lowest BCUT2D eigenvalue weighted by atomic mass is 9.97. The van der Waals surface area contributed by atoms with Crippen molar-refractivity contribution in [1.82, 2.24) is 10.4 Å². The molecule has 106 valence electrons. The van der Waals surface area contributed by atoms with Crippen molar-refractivity contribution in [3.05, 3.63) is 77.2 Å². The fourth-order valence-electron chi connectivity index (χ4n) is 2.45. The van der Waals surface area contributed by atoms with Crippen LogP contribution >= 0.6 is 0 Å². The van der Waals surface area contributed by atoms with Crippen LogP contribution in [-0.4, -0.2) is 4.98 Å². The summed E-state index contributed by atoms with van der Waals surface area (Å²) in [6, 6.07) is 14.7. The Kier molecular flexibility index (Phi) is 3.64. The van der Waals surface area contributed by atoms with E-state index >= 15 is 0 Å². The highest BCUT2D eigenvalue weighted by molar-refractivity contribution is 5.79. The number of aromatic nitrogens is 1. The molecule has 2 aromatic carbocycles. The molecule has 0 aliphatic carbocycles. The van der Waals surface area contributed by atoms with Crippen molar-refractivity contribution in [1.29, 1.82) is 0 Å². The monoisotopic (exact) mass is 281 g/mol. The summed E-state index contributed by atoms with van der Waals surface area (Å²) < 4.78 is 13.8. The van der Waals surface area contributed by atoms with E-state index in [1.807, 2.05) is 36.4 Å². The number of nitrogens with one attached hydrogen (secondary N) is 1. The summed E-state index contributed by atoms with van der Waals surface area (Å²) in [4.78, 5) is 4.29. The summed E-state index contributed by atoms with van der Waals surface area (Å²) in [5.41, 5.74) is 6.07. The second kappa shape index (κ2) is 5.60. The molecule has 4 heteroatoms. The molecule has 21 heavy (non-hydrogen) atoms. The molecule has 1 heterocycles. The third kappa shape index (κ3) is 2.63. The smallest absolute Gasteiger partial charge is 0.126 e. The molecule has 3 nitrogen and oxygen atoms in total. The Morgan fingerprint density at radius 3 is 2.62 bits per heavy atom. The number of pyridine rings is 1. The van der Waals surface area contributed by atoms with Gasteiger partial charge in [0.2, 0.25) is 0 Å². The van der Waals surface area contributed by atoms with E-state index < -0.39 is 0 Å². The van der Waals surface area contributed by atoms with Crippen molar-refractivity contribution < 1.29 is 4.39 Å². The molecule has 3 rings (SSSR count). The Morgan fingerprint density at radius 1 is 1.10 bits per heavy atom. The minimum atomic E-state index is -0.260. The van der Waals surface area contributed by atoms with Crippen LogP contribution in [0.3, 0.4) is 0 Å². The zero-order chi connectivity index (χ0) is 14.8. The first kappa shape index (κ1) is 13.7. The van der Waals surface area contributed by atoms with Crippen molar-refractivity contribution in [3.8, 4) is 0 Å². The molecular weight excluding hydrogens is 265 g/mol. The van der Waals surface area contributed by atoms with Crippen molar-refractivity contribution in [2.75, 3.05) is 0 Å². The van der Waals surface area contributed by atoms with Crippen molar-refractivity contribution >= 4 is 10.9 Å². The third-order valence-corrected chi connectivity index (χ3v) is 3.66. The van der Waals surface area contributed by atoms with Gasteiger partial charge >= 0.3 is 0 Å². The first-order chi connectivity index (χ1) is 10.2. The maximum absolute atomic E-state index is 13.8. The molecule has 0 saturated heterocycles. The molecule has 0 saturated carbocycles. The maximum atomic E-state index is 13.8. The van der Waals surface area contributed by atoms with Crippen LogP contribution in [0, 0.1) is 12.7 Å². The summed E-state index contributed by atoms with van der Waals surface area (Å²) >= 11 is 0. The van der Waals surface area contributed by atoms with Gasteiger partial charge in [-0.25, -0.2) is 9.82 Å². The Labute approximate surface area is 122 Å². The quantitative estimate of drug-likeness (QED) is 0.572. The molecule has 0 spiro atoms. The van der Waals surface area contributed by atoms with Gasteiger partial charge in [0.05, 0.1) is 11.6 Å². The summed E-state index contributed by atoms with van der Waals surface area (Å²) in [6.45, 7) is 1.74. The van der Waals surface area contributed by atoms with Crippen LogP contribution in [-0.2, 0) is 0 Å². The maximum Gasteiger partial charge on any atom is 0.126 e. The molecular formula is C17H16FN3. The summed E-state index contributed by atoms with van der Waals surface area (Å²) in [5, 5.41) is 1.03. The summed E-state index contributed by atoms with van der Waals surface area (Å²) in [5.74, 6) is 5.45. The number of nitrogens with zero attached hydrogens (tertiary/aromatic N) is 1. The van der Waals surface area contributed by atoms with Crippen LogP contribution in [0.5, 0.6) is 0 Å². The number of aryl methyl sites for hydroxylation is 1. The third-order valence-electron chi connectivity index (χ3n) is 3.66. The van der Waals surface area contributed by atoms with E-state index in [1.165, 1.54) is 6.07 Å². The fourth-order valence-corrected chi connectivity index (χ4v) is 2.45. The van der Waals surface area contributed by atoms with E-state index in [2.05, 4.69) is 10.4 Å². The number of halogens is 1. The molecule has 3 N–H and O–H groups in total. The lowest BCUT2D eigenvalue weighted by molar-refractivity contribution is 0.599. The molecule has 0 fully saturated rings. The van der Waals surface area contributed by atoms with Crippen LogP contribution < -0.4 is 11.3 Å². The zero-order valence-corrected chi connectivity index (χ0v) is 11.7. The number of hydrogen-bond donors (Lipinski definition) is 2. The number of rotatable bonds is 3. The van der Waals surface area contributed by atoms with Crippen LogP contribution in [0.1, 0.15) is 22.7 Å². The summed E-state index contributed by atoms with van der Waals surface area (Å²) in [7, 11) is 0. The standard InChI is InChI=1S/C17H16FN3/c1-11-4-5-14(10-15(11)18)17(21-19)13-6-7-16-12(9-13)3-2-8-20-16/h2-10,17,21H,19H2,1H3. The number of benzene rings is 2. The molecule has 1 aromatic heterocycles. The first-order valence-corrected chi connectivity index (χ1v) is 6.76. The number of hydrazine groups is 1. The van der Waals surface area contributed by atoms with Gasteiger partial charge < -0.3 is 0 Å². The van der Waals surface area contributed by atoms with Gasteiger partial charge in [0, 0.05) is 11.6 Å². The van der Waals surface area contributed by atoms with E-state index in [-0.39, 0.29) is 11.9 Å². The predicted molar refractivity (Wildman–Crippen MR) is 82.0 cm³/mol. The average Bonchev–Trinajstić information content (AvgIpc) is 2.51. The van der Waals surface area contributed by atoms with Gasteiger partial charge in [-0.1, -0.05) is 24.3 Å². The zero-order valence-electron chi connectivity index (χ0n) is 11.7. The molecule has 0 bridgehead atoms. The van der Waals surface area contributed by atoms with Crippen molar-refractivity contribution in [3.63, 3.8) is 0 Å². The second-order valence-electron chi connectivity index (χ2n) is 5.06. The normalized spacial score (nSPS) is 12.5. The highest BCUT2D eigenvalue weighted by Crippen LogP contribution is 2.25. The molecule has 0 aliphatic heterocycles. The lowest BCUT2D eigenvalue weighted by Gasteiger charge is -2.18. The van der Waals surface area contributed by atoms with Crippen molar-refractivity contribution in [2.45, 2.75) is 13.0 Å². The molecule has 1 atom stereocenters. The summed E-state index contributed by atoms with van der Waals surface area (Å²) in [6.07, 6.45) is 1.76. The van der Waals surface area contributed by atoms with E-state index in [9.17, 15) is 4.39 Å². The van der Waals surface area contributed by atoms with Gasteiger partial charge in [-0.15, -0.1) is 0 Å². The Bertz CT molecular complexity index is 786. The average molecular weight is 281 g/mol. The van der Waals surface area contributed by atoms with Gasteiger partial charge in [0.1, 0.15) is 5.82 Å². The molecule has 0 radical (unpaired) electrons. The Balaban J connectivity index is 2.06. The fraction of sp³-hybridized carbons (Fsp3) is 0.118. The minimum Gasteiger partial charge on any atom is -0.271 e. The van der Waals surface area contributed by atoms with Crippen molar-refractivity contribution in [2.24, 2.45) is 5.84 Å². The Hall–Kier alpha value is -2.30. The van der Waals surface area contributed by atoms with Gasteiger partial charge in [-0.2, -0.15) is 0 Å². The van der Waals surface area contributed by atoms with Gasteiger partial charge in [0.15, 0.2) is 0 Å². The lowest BCUT2D eigenvalue weighted by Crippen LogP contribution is -2.28. The van der Waals surface area contributed by atoms with Crippen LogP contribution in [0.25, 0.3) is 10.9 Å². The Morgan fingerprint density at radius 2 is 1.86 bits per heavy atom.